The molecule has 44 heavy (non-hydrogen) atoms. The lowest BCUT2D eigenvalue weighted by Gasteiger charge is -2.39. The molecule has 17 nitrogen and oxygen atoms in total. The first-order chi connectivity index (χ1) is 20.8. The van der Waals surface area contributed by atoms with E-state index >= 15 is 0 Å². The van der Waals surface area contributed by atoms with Crippen LogP contribution in [0, 0.1) is 0 Å². The van der Waals surface area contributed by atoms with Crippen molar-refractivity contribution in [1.82, 2.24) is 0 Å². The minimum absolute atomic E-state index is 0.125. The Morgan fingerprint density at radius 3 is 2.02 bits per heavy atom. The molecule has 3 aromatic rings. The Balaban J connectivity index is 1.58. The molecule has 0 saturated carbocycles. The number of aliphatic hydroxyl groups is 7. The monoisotopic (exact) mass is 624 g/mol. The Morgan fingerprint density at radius 2 is 1.41 bits per heavy atom. The SMILES string of the molecule is O=C(O)C1O[C@@H](Oc2cc(O)c3c(=O)c(O[C@@H]4OC(CO)[C@@H](O)C(O)C4O)c(-c4ccc(O)cc4)oc3c2)C(O)[C@@H](O)[C@@H]1O. The third kappa shape index (κ3) is 5.63. The van der Waals surface area contributed by atoms with Gasteiger partial charge in [0.15, 0.2) is 11.9 Å². The van der Waals surface area contributed by atoms with E-state index in [-0.39, 0.29) is 28.4 Å². The van der Waals surface area contributed by atoms with E-state index in [9.17, 15) is 60.7 Å². The molecule has 5 rings (SSSR count). The number of benzene rings is 2. The number of phenolic OH excluding ortho intramolecular Hbond substituents is 2. The first-order valence-electron chi connectivity index (χ1n) is 13.0. The van der Waals surface area contributed by atoms with Gasteiger partial charge in [-0.05, 0) is 24.3 Å². The molecule has 1 aromatic heterocycles. The number of carboxylic acids is 1. The maximum Gasteiger partial charge on any atom is 0.335 e. The third-order valence-electron chi connectivity index (χ3n) is 7.18. The topological polar surface area (TPSA) is 286 Å². The zero-order valence-electron chi connectivity index (χ0n) is 22.3. The van der Waals surface area contributed by atoms with Crippen LogP contribution >= 0.6 is 0 Å². The molecule has 2 aliphatic rings. The first kappa shape index (κ1) is 31.4. The smallest absolute Gasteiger partial charge is 0.335 e. The molecule has 2 saturated heterocycles. The summed E-state index contributed by atoms with van der Waals surface area (Å²) in [4.78, 5) is 25.1. The molecule has 0 spiro atoms. The Kier molecular flexibility index (Phi) is 8.67. The molecule has 0 aliphatic carbocycles. The second kappa shape index (κ2) is 12.2. The molecule has 0 amide bonds. The van der Waals surface area contributed by atoms with E-state index in [4.69, 9.17) is 23.4 Å². The number of carbonyl (C=O) groups is 1. The van der Waals surface area contributed by atoms with Crippen LogP contribution in [0.2, 0.25) is 0 Å². The summed E-state index contributed by atoms with van der Waals surface area (Å²) < 4.78 is 27.4. The van der Waals surface area contributed by atoms with Crippen molar-refractivity contribution in [3.8, 4) is 34.3 Å². The summed E-state index contributed by atoms with van der Waals surface area (Å²) in [5.41, 5.74) is -1.26. The van der Waals surface area contributed by atoms with Gasteiger partial charge in [0.25, 0.3) is 0 Å². The van der Waals surface area contributed by atoms with Gasteiger partial charge >= 0.3 is 5.97 Å². The van der Waals surface area contributed by atoms with Gasteiger partial charge in [0, 0.05) is 17.7 Å². The predicted molar refractivity (Wildman–Crippen MR) is 141 cm³/mol. The summed E-state index contributed by atoms with van der Waals surface area (Å²) >= 11 is 0. The summed E-state index contributed by atoms with van der Waals surface area (Å²) in [5.74, 6) is -3.91. The number of carboxylic acid groups (broad SMARTS) is 1. The molecule has 238 valence electrons. The van der Waals surface area contributed by atoms with Gasteiger partial charge in [0.2, 0.25) is 23.8 Å². The van der Waals surface area contributed by atoms with E-state index in [1.165, 1.54) is 24.3 Å². The lowest BCUT2D eigenvalue weighted by atomic mass is 9.99. The van der Waals surface area contributed by atoms with Crippen LogP contribution in [-0.2, 0) is 14.3 Å². The van der Waals surface area contributed by atoms with Crippen LogP contribution < -0.4 is 14.9 Å². The highest BCUT2D eigenvalue weighted by Crippen LogP contribution is 2.38. The highest BCUT2D eigenvalue weighted by Gasteiger charge is 2.48. The maximum atomic E-state index is 13.7. The fourth-order valence-corrected chi connectivity index (χ4v) is 4.80. The van der Waals surface area contributed by atoms with Gasteiger partial charge in [-0.3, -0.25) is 4.79 Å². The van der Waals surface area contributed by atoms with Crippen LogP contribution in [0.15, 0.2) is 45.6 Å². The molecule has 5 unspecified atom stereocenters. The molecule has 10 atom stereocenters. The average Bonchev–Trinajstić information content (AvgIpc) is 2.98. The summed E-state index contributed by atoms with van der Waals surface area (Å²) in [6.07, 6.45) is -18.4. The average molecular weight is 625 g/mol. The van der Waals surface area contributed by atoms with Crippen LogP contribution in [0.3, 0.4) is 0 Å². The molecule has 10 N–H and O–H groups in total. The molecule has 0 bridgehead atoms. The van der Waals surface area contributed by atoms with E-state index in [0.29, 0.717) is 0 Å². The van der Waals surface area contributed by atoms with Gasteiger partial charge in [-0.2, -0.15) is 0 Å². The van der Waals surface area contributed by atoms with Crippen molar-refractivity contribution in [3.05, 3.63) is 46.6 Å². The molecular weight excluding hydrogens is 596 g/mol. The highest BCUT2D eigenvalue weighted by molar-refractivity contribution is 5.88. The Morgan fingerprint density at radius 1 is 0.795 bits per heavy atom. The second-order valence-corrected chi connectivity index (χ2v) is 10.1. The lowest BCUT2D eigenvalue weighted by Crippen LogP contribution is -2.61. The summed E-state index contributed by atoms with van der Waals surface area (Å²) in [5, 5.41) is 99.8. The Bertz CT molecular complexity index is 1570. The van der Waals surface area contributed by atoms with Gasteiger partial charge in [-0.25, -0.2) is 4.79 Å². The summed E-state index contributed by atoms with van der Waals surface area (Å²) in [6, 6.07) is 7.07. The molecule has 2 aliphatic heterocycles. The van der Waals surface area contributed by atoms with E-state index in [1.807, 2.05) is 0 Å². The van der Waals surface area contributed by atoms with E-state index in [1.54, 1.807) is 0 Å². The van der Waals surface area contributed by atoms with Gasteiger partial charge in [0.1, 0.15) is 70.9 Å². The van der Waals surface area contributed by atoms with E-state index < -0.39 is 96.3 Å². The number of phenols is 2. The number of aromatic hydroxyl groups is 2. The first-order valence-corrected chi connectivity index (χ1v) is 13.0. The number of ether oxygens (including phenoxy) is 4. The molecule has 0 radical (unpaired) electrons. The minimum Gasteiger partial charge on any atom is -0.508 e. The number of rotatable bonds is 7. The molecule has 3 heterocycles. The zero-order valence-corrected chi connectivity index (χ0v) is 22.3. The third-order valence-corrected chi connectivity index (χ3v) is 7.18. The fraction of sp³-hybridized carbons (Fsp3) is 0.407. The van der Waals surface area contributed by atoms with Crippen LogP contribution in [0.4, 0.5) is 0 Å². The summed E-state index contributed by atoms with van der Waals surface area (Å²) in [7, 11) is 0. The number of aliphatic hydroxyl groups excluding tert-OH is 7. The zero-order chi connectivity index (χ0) is 32.0. The molecule has 17 heteroatoms. The number of aliphatic carboxylic acids is 1. The molecule has 2 aromatic carbocycles. The minimum atomic E-state index is -1.99. The van der Waals surface area contributed by atoms with Crippen molar-refractivity contribution in [2.24, 2.45) is 0 Å². The quantitative estimate of drug-likeness (QED) is 0.128. The number of hydrogen-bond donors (Lipinski definition) is 10. The fourth-order valence-electron chi connectivity index (χ4n) is 4.80. The number of hydrogen-bond acceptors (Lipinski definition) is 16. The Labute approximate surface area is 245 Å². The maximum absolute atomic E-state index is 13.7. The predicted octanol–water partition coefficient (Wildman–Crippen LogP) is -2.68. The highest BCUT2D eigenvalue weighted by atomic mass is 16.7. The second-order valence-electron chi connectivity index (χ2n) is 10.1. The van der Waals surface area contributed by atoms with Crippen molar-refractivity contribution in [2.75, 3.05) is 6.61 Å². The van der Waals surface area contributed by atoms with E-state index in [0.717, 1.165) is 12.1 Å². The van der Waals surface area contributed by atoms with E-state index in [2.05, 4.69) is 0 Å². The van der Waals surface area contributed by atoms with Crippen LogP contribution in [-0.4, -0.2) is 125 Å². The van der Waals surface area contributed by atoms with Crippen LogP contribution in [0.1, 0.15) is 0 Å². The largest absolute Gasteiger partial charge is 0.508 e. The van der Waals surface area contributed by atoms with Crippen molar-refractivity contribution < 1.29 is 79.2 Å². The molecule has 2 fully saturated rings. The number of fused-ring (bicyclic) bond motifs is 1. The molecular formula is C27H28O17. The van der Waals surface area contributed by atoms with Gasteiger partial charge < -0.3 is 74.4 Å². The van der Waals surface area contributed by atoms with Crippen molar-refractivity contribution >= 4 is 16.9 Å². The van der Waals surface area contributed by atoms with Crippen molar-refractivity contribution in [2.45, 2.75) is 61.4 Å². The van der Waals surface area contributed by atoms with Crippen LogP contribution in [0.5, 0.6) is 23.0 Å². The standard InChI is InChI=1S/C27H28O17/c28-7-13-15(31)17(33)20(36)27(42-13)43-23-16(32)14-11(30)5-10(6-12(14)41-22(23)8-1-3-9(29)4-2-8)40-26-21(37)18(34)19(35)24(44-26)25(38)39/h1-6,13,15,17-21,24,26-31,33-37H,7H2,(H,38,39)/t13?,15-,17?,18+,19+,20?,21?,24?,26-,27+/m1/s1. The lowest BCUT2D eigenvalue weighted by molar-refractivity contribution is -0.277. The van der Waals surface area contributed by atoms with Gasteiger partial charge in [0.05, 0.1) is 6.61 Å². The Hall–Kier alpha value is -4.04. The van der Waals surface area contributed by atoms with Gasteiger partial charge in [-0.15, -0.1) is 0 Å². The van der Waals surface area contributed by atoms with Crippen LogP contribution in [0.25, 0.3) is 22.3 Å². The summed E-state index contributed by atoms with van der Waals surface area (Å²) in [6.45, 7) is -0.784. The van der Waals surface area contributed by atoms with Gasteiger partial charge in [-0.1, -0.05) is 0 Å². The van der Waals surface area contributed by atoms with Crippen molar-refractivity contribution in [3.63, 3.8) is 0 Å². The van der Waals surface area contributed by atoms with Crippen molar-refractivity contribution in [1.29, 1.82) is 0 Å². The normalized spacial score (nSPS) is 32.3.